The van der Waals surface area contributed by atoms with Crippen LogP contribution < -0.4 is 29.5 Å². The number of fused-ring (bicyclic) bond motifs is 2. The van der Waals surface area contributed by atoms with Crippen molar-refractivity contribution >= 4 is 25.2 Å². The molecule has 0 saturated carbocycles. The van der Waals surface area contributed by atoms with Crippen molar-refractivity contribution in [2.24, 2.45) is 0 Å². The first-order chi connectivity index (χ1) is 14.9. The number of nitrogens with zero attached hydrogens (tertiary/aromatic N) is 2. The maximum Gasteiger partial charge on any atom is 0.634 e. The van der Waals surface area contributed by atoms with Gasteiger partial charge in [0.25, 0.3) is 0 Å². The first kappa shape index (κ1) is 17.0. The molecule has 0 spiro atoms. The van der Waals surface area contributed by atoms with Gasteiger partial charge in [0.1, 0.15) is 11.5 Å². The standard InChI is InChI=1S/C22H14B2N2O4/c1-5-17(21-19(7-1)27-23(29-21)15-9-12-25-13-10-15)18-6-2-8-20-22(18)30-24(28-20)16-4-3-11-26-14-16/h1-14H. The van der Waals surface area contributed by atoms with Gasteiger partial charge in [0.05, 0.1) is 0 Å². The predicted octanol–water partition coefficient (Wildman–Crippen LogP) is 2.48. The Morgan fingerprint density at radius 2 is 1.17 bits per heavy atom. The molecule has 0 saturated heterocycles. The first-order valence-electron chi connectivity index (χ1n) is 9.60. The summed E-state index contributed by atoms with van der Waals surface area (Å²) in [6, 6.07) is 19.2. The van der Waals surface area contributed by atoms with E-state index in [1.807, 2.05) is 60.7 Å². The number of benzene rings is 2. The van der Waals surface area contributed by atoms with Crippen molar-refractivity contribution in [2.75, 3.05) is 0 Å². The van der Waals surface area contributed by atoms with E-state index < -0.39 is 14.2 Å². The molecule has 0 aliphatic carbocycles. The third kappa shape index (κ3) is 2.76. The van der Waals surface area contributed by atoms with Gasteiger partial charge < -0.3 is 18.6 Å². The minimum Gasteiger partial charge on any atom is -0.519 e. The number of aromatic nitrogens is 2. The zero-order valence-corrected chi connectivity index (χ0v) is 15.8. The van der Waals surface area contributed by atoms with Gasteiger partial charge in [0, 0.05) is 46.8 Å². The second-order valence-electron chi connectivity index (χ2n) is 6.97. The first-order valence-corrected chi connectivity index (χ1v) is 9.60. The van der Waals surface area contributed by atoms with E-state index in [4.69, 9.17) is 18.6 Å². The van der Waals surface area contributed by atoms with Gasteiger partial charge in [-0.15, -0.1) is 0 Å². The summed E-state index contributed by atoms with van der Waals surface area (Å²) in [5, 5.41) is 0. The number of pyridine rings is 2. The van der Waals surface area contributed by atoms with Crippen molar-refractivity contribution in [3.05, 3.63) is 85.5 Å². The maximum atomic E-state index is 6.19. The fourth-order valence-electron chi connectivity index (χ4n) is 3.69. The highest BCUT2D eigenvalue weighted by Gasteiger charge is 2.39. The van der Waals surface area contributed by atoms with Crippen LogP contribution in [0.2, 0.25) is 0 Å². The number of hydrogen-bond acceptors (Lipinski definition) is 6. The largest absolute Gasteiger partial charge is 0.634 e. The monoisotopic (exact) mass is 392 g/mol. The zero-order valence-electron chi connectivity index (χ0n) is 15.8. The number of para-hydroxylation sites is 2. The molecule has 0 atom stereocenters. The van der Waals surface area contributed by atoms with E-state index in [-0.39, 0.29) is 0 Å². The summed E-state index contributed by atoms with van der Waals surface area (Å²) in [6.07, 6.45) is 6.91. The van der Waals surface area contributed by atoms with E-state index in [1.54, 1.807) is 24.8 Å². The summed E-state index contributed by atoms with van der Waals surface area (Å²) in [5.74, 6) is 2.73. The average Bonchev–Trinajstić information content (AvgIpc) is 3.44. The van der Waals surface area contributed by atoms with Gasteiger partial charge in [-0.1, -0.05) is 30.3 Å². The fourth-order valence-corrected chi connectivity index (χ4v) is 3.69. The molecule has 8 heteroatoms. The summed E-state index contributed by atoms with van der Waals surface area (Å²) in [4.78, 5) is 8.21. The van der Waals surface area contributed by atoms with Crippen LogP contribution in [0.3, 0.4) is 0 Å². The highest BCUT2D eigenvalue weighted by molar-refractivity contribution is 6.64. The van der Waals surface area contributed by atoms with Crippen LogP contribution in [0, 0.1) is 0 Å². The quantitative estimate of drug-likeness (QED) is 0.500. The summed E-state index contributed by atoms with van der Waals surface area (Å²) in [6.45, 7) is 0. The molecule has 2 aromatic heterocycles. The lowest BCUT2D eigenvalue weighted by Gasteiger charge is -2.11. The third-order valence-electron chi connectivity index (χ3n) is 5.10. The summed E-state index contributed by atoms with van der Waals surface area (Å²) in [7, 11) is -1.05. The zero-order chi connectivity index (χ0) is 19.9. The molecule has 2 aliphatic heterocycles. The Morgan fingerprint density at radius 3 is 1.77 bits per heavy atom. The van der Waals surface area contributed by atoms with E-state index in [0.29, 0.717) is 23.0 Å². The third-order valence-corrected chi connectivity index (χ3v) is 5.10. The van der Waals surface area contributed by atoms with Crippen LogP contribution >= 0.6 is 0 Å². The lowest BCUT2D eigenvalue weighted by atomic mass is 9.80. The molecular weight excluding hydrogens is 378 g/mol. The molecule has 0 radical (unpaired) electrons. The van der Waals surface area contributed by atoms with Crippen LogP contribution in [0.5, 0.6) is 23.0 Å². The molecule has 0 amide bonds. The fraction of sp³-hybridized carbons (Fsp3) is 0. The lowest BCUT2D eigenvalue weighted by molar-refractivity contribution is 0.516. The highest BCUT2D eigenvalue weighted by atomic mass is 16.6. The smallest absolute Gasteiger partial charge is 0.519 e. The van der Waals surface area contributed by atoms with E-state index in [1.165, 1.54) is 0 Å². The molecule has 0 unspecified atom stereocenters. The molecule has 6 nitrogen and oxygen atoms in total. The van der Waals surface area contributed by atoms with E-state index in [9.17, 15) is 0 Å². The summed E-state index contributed by atoms with van der Waals surface area (Å²) >= 11 is 0. The molecular formula is C22H14B2N2O4. The Morgan fingerprint density at radius 1 is 0.533 bits per heavy atom. The normalized spacial score (nSPS) is 13.6. The van der Waals surface area contributed by atoms with E-state index in [2.05, 4.69) is 9.97 Å². The molecule has 0 fully saturated rings. The Balaban J connectivity index is 1.37. The van der Waals surface area contributed by atoms with Crippen LogP contribution in [0.4, 0.5) is 0 Å². The van der Waals surface area contributed by atoms with Crippen molar-refractivity contribution in [2.45, 2.75) is 0 Å². The lowest BCUT2D eigenvalue weighted by Crippen LogP contribution is -2.39. The minimum atomic E-state index is -0.534. The Labute approximate surface area is 173 Å². The molecule has 6 rings (SSSR count). The van der Waals surface area contributed by atoms with E-state index in [0.717, 1.165) is 22.1 Å². The van der Waals surface area contributed by atoms with Gasteiger partial charge in [-0.3, -0.25) is 9.97 Å². The van der Waals surface area contributed by atoms with Crippen molar-refractivity contribution in [1.82, 2.24) is 9.97 Å². The van der Waals surface area contributed by atoms with Crippen LogP contribution in [0.1, 0.15) is 0 Å². The van der Waals surface area contributed by atoms with Crippen LogP contribution in [-0.4, -0.2) is 24.2 Å². The summed E-state index contributed by atoms with van der Waals surface area (Å²) in [5.41, 5.74) is 3.53. The number of rotatable bonds is 3. The SMILES string of the molecule is c1cncc(B2Oc3cccc(-c4cccc5c4OB(c4ccncc4)O5)c3O2)c1. The molecule has 2 aromatic carbocycles. The molecule has 4 aromatic rings. The summed E-state index contributed by atoms with van der Waals surface area (Å²) < 4.78 is 24.4. The average molecular weight is 392 g/mol. The predicted molar refractivity (Wildman–Crippen MR) is 114 cm³/mol. The van der Waals surface area contributed by atoms with Gasteiger partial charge in [0.15, 0.2) is 11.5 Å². The molecule has 4 heterocycles. The maximum absolute atomic E-state index is 6.19. The van der Waals surface area contributed by atoms with Gasteiger partial charge in [-0.2, -0.15) is 0 Å². The van der Waals surface area contributed by atoms with Crippen molar-refractivity contribution in [3.8, 4) is 34.1 Å². The molecule has 0 N–H and O–H groups in total. The highest BCUT2D eigenvalue weighted by Crippen LogP contribution is 2.48. The van der Waals surface area contributed by atoms with Crippen molar-refractivity contribution < 1.29 is 18.6 Å². The number of hydrogen-bond donors (Lipinski definition) is 0. The minimum absolute atomic E-state index is 0.513. The Kier molecular flexibility index (Phi) is 3.87. The molecule has 0 bridgehead atoms. The van der Waals surface area contributed by atoms with Crippen molar-refractivity contribution in [3.63, 3.8) is 0 Å². The van der Waals surface area contributed by atoms with Crippen molar-refractivity contribution in [1.29, 1.82) is 0 Å². The van der Waals surface area contributed by atoms with Gasteiger partial charge in [0.2, 0.25) is 0 Å². The van der Waals surface area contributed by atoms with Crippen LogP contribution in [0.25, 0.3) is 11.1 Å². The molecule has 2 aliphatic rings. The molecule has 142 valence electrons. The Bertz CT molecular complexity index is 1130. The van der Waals surface area contributed by atoms with Gasteiger partial charge >= 0.3 is 14.2 Å². The van der Waals surface area contributed by atoms with Gasteiger partial charge in [-0.25, -0.2) is 0 Å². The van der Waals surface area contributed by atoms with Gasteiger partial charge in [-0.05, 0) is 30.3 Å². The second-order valence-corrected chi connectivity index (χ2v) is 6.97. The van der Waals surface area contributed by atoms with Crippen LogP contribution in [0.15, 0.2) is 85.5 Å². The Hall–Kier alpha value is -3.93. The topological polar surface area (TPSA) is 62.7 Å². The van der Waals surface area contributed by atoms with Crippen LogP contribution in [-0.2, 0) is 0 Å². The molecule has 30 heavy (non-hydrogen) atoms. The second kappa shape index (κ2) is 6.84. The van der Waals surface area contributed by atoms with E-state index >= 15 is 0 Å².